The second kappa shape index (κ2) is 4.86. The van der Waals surface area contributed by atoms with E-state index in [0.717, 1.165) is 7.88 Å². The Morgan fingerprint density at radius 1 is 1.41 bits per heavy atom. The van der Waals surface area contributed by atoms with Gasteiger partial charge in [0.15, 0.2) is 0 Å². The Labute approximate surface area is 117 Å². The fourth-order valence-corrected chi connectivity index (χ4v) is 3.89. The summed E-state index contributed by atoms with van der Waals surface area (Å²) in [6.45, 7) is 0. The first kappa shape index (κ1) is 12.7. The molecular formula is C9H8IN3O2S2. The Hall–Kier alpha value is -0.740. The number of nitrogens with zero attached hydrogens (tertiary/aromatic N) is 3. The maximum Gasteiger partial charge on any atom is 0.265 e. The van der Waals surface area contributed by atoms with E-state index >= 15 is 0 Å². The third-order valence-electron chi connectivity index (χ3n) is 2.07. The summed E-state index contributed by atoms with van der Waals surface area (Å²) in [5, 5.41) is 7.72. The normalized spacial score (nSPS) is 11.4. The van der Waals surface area contributed by atoms with Gasteiger partial charge >= 0.3 is 0 Å². The Balaban J connectivity index is 2.44. The zero-order chi connectivity index (χ0) is 12.5. The second-order valence-electron chi connectivity index (χ2n) is 3.15. The highest BCUT2D eigenvalue weighted by Gasteiger charge is 2.23. The third kappa shape index (κ3) is 2.58. The highest BCUT2D eigenvalue weighted by Crippen LogP contribution is 2.23. The third-order valence-corrected chi connectivity index (χ3v) is 5.37. The van der Waals surface area contributed by atoms with Gasteiger partial charge in [0, 0.05) is 10.6 Å². The molecule has 0 radical (unpaired) electrons. The Morgan fingerprint density at radius 3 is 2.76 bits per heavy atom. The first-order valence-corrected chi connectivity index (χ1v) is 7.92. The molecule has 90 valence electrons. The molecule has 2 rings (SSSR count). The molecule has 1 aromatic carbocycles. The van der Waals surface area contributed by atoms with Gasteiger partial charge in [0.25, 0.3) is 10.0 Å². The van der Waals surface area contributed by atoms with Gasteiger partial charge in [0.1, 0.15) is 5.51 Å². The average Bonchev–Trinajstić information content (AvgIpc) is 2.81. The highest BCUT2D eigenvalue weighted by molar-refractivity contribution is 14.1. The van der Waals surface area contributed by atoms with E-state index in [-0.39, 0.29) is 4.90 Å². The van der Waals surface area contributed by atoms with Gasteiger partial charge in [-0.25, -0.2) is 12.7 Å². The Morgan fingerprint density at radius 2 is 2.18 bits per heavy atom. The van der Waals surface area contributed by atoms with E-state index in [1.54, 1.807) is 18.2 Å². The molecular weight excluding hydrogens is 373 g/mol. The first-order chi connectivity index (χ1) is 8.01. The number of benzene rings is 1. The van der Waals surface area contributed by atoms with E-state index in [1.165, 1.54) is 23.9 Å². The number of hydrogen-bond donors (Lipinski definition) is 0. The zero-order valence-electron chi connectivity index (χ0n) is 8.74. The van der Waals surface area contributed by atoms with E-state index in [9.17, 15) is 8.42 Å². The number of anilines is 1. The molecule has 0 atom stereocenters. The average molecular weight is 381 g/mol. The van der Waals surface area contributed by atoms with Gasteiger partial charge in [-0.05, 0) is 40.8 Å². The summed E-state index contributed by atoms with van der Waals surface area (Å²) < 4.78 is 26.5. The molecule has 1 aromatic heterocycles. The van der Waals surface area contributed by atoms with Crippen molar-refractivity contribution in [3.05, 3.63) is 33.3 Å². The van der Waals surface area contributed by atoms with Gasteiger partial charge in [0.2, 0.25) is 5.13 Å². The van der Waals surface area contributed by atoms with Crippen molar-refractivity contribution in [2.75, 3.05) is 11.4 Å². The van der Waals surface area contributed by atoms with Crippen molar-refractivity contribution in [2.24, 2.45) is 0 Å². The topological polar surface area (TPSA) is 63.2 Å². The molecule has 0 amide bonds. The minimum Gasteiger partial charge on any atom is -0.243 e. The minimum atomic E-state index is -3.55. The maximum absolute atomic E-state index is 12.2. The molecule has 8 heteroatoms. The number of hydrogen-bond acceptors (Lipinski definition) is 5. The molecule has 2 aromatic rings. The molecule has 0 saturated carbocycles. The van der Waals surface area contributed by atoms with Crippen LogP contribution in [0.2, 0.25) is 0 Å². The molecule has 0 aliphatic carbocycles. The summed E-state index contributed by atoms with van der Waals surface area (Å²) in [5.41, 5.74) is 1.50. The van der Waals surface area contributed by atoms with Gasteiger partial charge in [-0.3, -0.25) is 0 Å². The van der Waals surface area contributed by atoms with Crippen LogP contribution in [-0.4, -0.2) is 25.7 Å². The zero-order valence-corrected chi connectivity index (χ0v) is 12.5. The molecule has 17 heavy (non-hydrogen) atoms. The quantitative estimate of drug-likeness (QED) is 0.763. The number of aromatic nitrogens is 2. The minimum absolute atomic E-state index is 0.252. The van der Waals surface area contributed by atoms with Crippen molar-refractivity contribution < 1.29 is 8.42 Å². The summed E-state index contributed by atoms with van der Waals surface area (Å²) in [6, 6.07) is 6.73. The largest absolute Gasteiger partial charge is 0.265 e. The number of sulfonamides is 1. The van der Waals surface area contributed by atoms with Crippen LogP contribution in [0.5, 0.6) is 0 Å². The van der Waals surface area contributed by atoms with Gasteiger partial charge in [-0.15, -0.1) is 10.2 Å². The molecule has 0 aliphatic rings. The van der Waals surface area contributed by atoms with Crippen LogP contribution in [0.4, 0.5) is 5.13 Å². The summed E-state index contributed by atoms with van der Waals surface area (Å²) in [7, 11) is -2.08. The standard InChI is InChI=1S/C9H8IN3O2S2/c1-13(9-12-11-6-16-9)17(14,15)8-4-2-3-7(10)5-8/h2-6H,1H3. The van der Waals surface area contributed by atoms with Gasteiger partial charge < -0.3 is 0 Å². The molecule has 0 aliphatic heterocycles. The van der Waals surface area contributed by atoms with Crippen molar-refractivity contribution in [1.82, 2.24) is 10.2 Å². The molecule has 5 nitrogen and oxygen atoms in total. The van der Waals surface area contributed by atoms with Crippen molar-refractivity contribution in [3.63, 3.8) is 0 Å². The molecule has 1 heterocycles. The fraction of sp³-hybridized carbons (Fsp3) is 0.111. The van der Waals surface area contributed by atoms with E-state index in [4.69, 9.17) is 0 Å². The summed E-state index contributed by atoms with van der Waals surface area (Å²) in [6.07, 6.45) is 0. The van der Waals surface area contributed by atoms with Crippen molar-refractivity contribution in [1.29, 1.82) is 0 Å². The Bertz CT molecular complexity index is 613. The van der Waals surface area contributed by atoms with E-state index in [1.807, 2.05) is 6.07 Å². The number of rotatable bonds is 3. The van der Waals surface area contributed by atoms with Crippen LogP contribution in [0, 0.1) is 3.57 Å². The molecule has 0 fully saturated rings. The van der Waals surface area contributed by atoms with Gasteiger partial charge in [-0.1, -0.05) is 17.4 Å². The Kier molecular flexibility index (Phi) is 3.64. The van der Waals surface area contributed by atoms with Crippen LogP contribution >= 0.6 is 33.9 Å². The lowest BCUT2D eigenvalue weighted by atomic mass is 10.4. The van der Waals surface area contributed by atoms with Crippen molar-refractivity contribution in [3.8, 4) is 0 Å². The van der Waals surface area contributed by atoms with Crippen molar-refractivity contribution >= 4 is 49.1 Å². The molecule has 0 N–H and O–H groups in total. The molecule has 0 saturated heterocycles. The lowest BCUT2D eigenvalue weighted by Gasteiger charge is -2.15. The summed E-state index contributed by atoms with van der Waals surface area (Å²) in [4.78, 5) is 0.252. The van der Waals surface area contributed by atoms with Crippen LogP contribution < -0.4 is 4.31 Å². The monoisotopic (exact) mass is 381 g/mol. The summed E-state index contributed by atoms with van der Waals surface area (Å²) >= 11 is 3.25. The van der Waals surface area contributed by atoms with Gasteiger partial charge in [-0.2, -0.15) is 0 Å². The lowest BCUT2D eigenvalue weighted by molar-refractivity contribution is 0.594. The second-order valence-corrected chi connectivity index (χ2v) is 7.18. The lowest BCUT2D eigenvalue weighted by Crippen LogP contribution is -2.26. The highest BCUT2D eigenvalue weighted by atomic mass is 127. The van der Waals surface area contributed by atoms with E-state index in [0.29, 0.717) is 5.13 Å². The smallest absolute Gasteiger partial charge is 0.243 e. The molecule has 0 bridgehead atoms. The molecule has 0 unspecified atom stereocenters. The van der Waals surface area contributed by atoms with E-state index < -0.39 is 10.0 Å². The maximum atomic E-state index is 12.2. The SMILES string of the molecule is CN(c1nncs1)S(=O)(=O)c1cccc(I)c1. The van der Waals surface area contributed by atoms with Crippen LogP contribution in [0.1, 0.15) is 0 Å². The van der Waals surface area contributed by atoms with Crippen LogP contribution in [-0.2, 0) is 10.0 Å². The first-order valence-electron chi connectivity index (χ1n) is 4.52. The van der Waals surface area contributed by atoms with Crippen LogP contribution in [0.3, 0.4) is 0 Å². The van der Waals surface area contributed by atoms with Crippen LogP contribution in [0.25, 0.3) is 0 Å². The molecule has 0 spiro atoms. The summed E-state index contributed by atoms with van der Waals surface area (Å²) in [5.74, 6) is 0. The van der Waals surface area contributed by atoms with Gasteiger partial charge in [0.05, 0.1) is 4.90 Å². The predicted octanol–water partition coefficient (Wildman–Crippen LogP) is 1.97. The van der Waals surface area contributed by atoms with Crippen LogP contribution in [0.15, 0.2) is 34.7 Å². The van der Waals surface area contributed by atoms with E-state index in [2.05, 4.69) is 32.8 Å². The predicted molar refractivity (Wildman–Crippen MR) is 74.7 cm³/mol. The fourth-order valence-electron chi connectivity index (χ4n) is 1.19. The van der Waals surface area contributed by atoms with Crippen molar-refractivity contribution in [2.45, 2.75) is 4.90 Å². The number of halogens is 1.